The lowest BCUT2D eigenvalue weighted by atomic mass is 9.90. The summed E-state index contributed by atoms with van der Waals surface area (Å²) in [5, 5.41) is 0. The van der Waals surface area contributed by atoms with E-state index >= 15 is 0 Å². The van der Waals surface area contributed by atoms with Crippen LogP contribution in [0.3, 0.4) is 0 Å². The van der Waals surface area contributed by atoms with Gasteiger partial charge in [-0.05, 0) is 50.8 Å². The number of hydrogen-bond acceptors (Lipinski definition) is 2. The quantitative estimate of drug-likeness (QED) is 0.804. The molecule has 0 aromatic heterocycles. The Balaban J connectivity index is 2.60. The molecule has 0 saturated heterocycles. The molecule has 0 bridgehead atoms. The summed E-state index contributed by atoms with van der Waals surface area (Å²) in [5.41, 5.74) is 1.80. The van der Waals surface area contributed by atoms with Gasteiger partial charge in [0.1, 0.15) is 5.41 Å². The fourth-order valence-corrected chi connectivity index (χ4v) is 3.05. The van der Waals surface area contributed by atoms with Crippen molar-refractivity contribution in [1.82, 2.24) is 0 Å². The lowest BCUT2D eigenvalue weighted by Gasteiger charge is -2.27. The zero-order chi connectivity index (χ0) is 16.7. The van der Waals surface area contributed by atoms with Crippen LogP contribution in [0.5, 0.6) is 0 Å². The van der Waals surface area contributed by atoms with E-state index in [4.69, 9.17) is 0 Å². The number of rotatable bonds is 3. The Kier molecular flexibility index (Phi) is 4.32. The van der Waals surface area contributed by atoms with Crippen molar-refractivity contribution in [2.45, 2.75) is 41.0 Å². The highest BCUT2D eigenvalue weighted by Gasteiger charge is 2.45. The summed E-state index contributed by atoms with van der Waals surface area (Å²) in [5.74, 6) is 0.254. The van der Waals surface area contributed by atoms with E-state index in [1.807, 2.05) is 19.1 Å². The average Bonchev–Trinajstić information content (AvgIpc) is 2.50. The average molecular weight is 302 g/mol. The molecular formula is C18H26N2O2. The van der Waals surface area contributed by atoms with E-state index < -0.39 is 5.41 Å². The Labute approximate surface area is 133 Å². The highest BCUT2D eigenvalue weighted by molar-refractivity contribution is 6.19. The largest absolute Gasteiger partial charge is 0.313 e. The molecule has 0 atom stereocenters. The molecule has 4 nitrogen and oxygen atoms in total. The molecule has 1 aliphatic rings. The first-order chi connectivity index (χ1) is 10.2. The summed E-state index contributed by atoms with van der Waals surface area (Å²) in [6.45, 7) is 10.3. The number of nitrogens with zero attached hydrogens (tertiary/aromatic N) is 2. The van der Waals surface area contributed by atoms with Gasteiger partial charge in [0.2, 0.25) is 11.8 Å². The predicted molar refractivity (Wildman–Crippen MR) is 90.2 cm³/mol. The molecular weight excluding hydrogens is 276 g/mol. The summed E-state index contributed by atoms with van der Waals surface area (Å²) in [6.07, 6.45) is 0.957. The third-order valence-corrected chi connectivity index (χ3v) is 4.27. The van der Waals surface area contributed by atoms with Crippen LogP contribution in [-0.4, -0.2) is 25.4 Å². The lowest BCUT2D eigenvalue weighted by molar-refractivity contribution is -0.137. The van der Waals surface area contributed by atoms with E-state index in [9.17, 15) is 9.59 Å². The van der Waals surface area contributed by atoms with Gasteiger partial charge in [-0.3, -0.25) is 9.59 Å². The van der Waals surface area contributed by atoms with Crippen LogP contribution in [-0.2, 0) is 16.0 Å². The number of hydrogen-bond donors (Lipinski definition) is 0. The maximum atomic E-state index is 12.8. The molecule has 1 heterocycles. The Morgan fingerprint density at radius 2 is 1.73 bits per heavy atom. The van der Waals surface area contributed by atoms with Crippen molar-refractivity contribution in [2.75, 3.05) is 23.4 Å². The molecule has 0 N–H and O–H groups in total. The first-order valence-corrected chi connectivity index (χ1v) is 7.93. The van der Waals surface area contributed by atoms with Gasteiger partial charge >= 0.3 is 0 Å². The summed E-state index contributed by atoms with van der Waals surface area (Å²) in [4.78, 5) is 28.8. The number of anilines is 2. The van der Waals surface area contributed by atoms with Crippen LogP contribution >= 0.6 is 0 Å². The second kappa shape index (κ2) is 5.75. The SMILES string of the molecule is CCN1C(=O)C(C)(C)C(=O)N(C)c2cc(CC(C)C)ccc21. The van der Waals surface area contributed by atoms with Crippen LogP contribution in [0.4, 0.5) is 11.4 Å². The predicted octanol–water partition coefficient (Wildman–Crippen LogP) is 3.24. The number of carbonyl (C=O) groups excluding carboxylic acids is 2. The second-order valence-electron chi connectivity index (χ2n) is 6.96. The van der Waals surface area contributed by atoms with Gasteiger partial charge in [-0.25, -0.2) is 0 Å². The van der Waals surface area contributed by atoms with Gasteiger partial charge in [-0.1, -0.05) is 19.9 Å². The fourth-order valence-electron chi connectivity index (χ4n) is 3.05. The van der Waals surface area contributed by atoms with Crippen molar-refractivity contribution in [3.8, 4) is 0 Å². The zero-order valence-corrected chi connectivity index (χ0v) is 14.4. The molecule has 4 heteroatoms. The smallest absolute Gasteiger partial charge is 0.242 e. The van der Waals surface area contributed by atoms with Crippen molar-refractivity contribution in [3.05, 3.63) is 23.8 Å². The van der Waals surface area contributed by atoms with Gasteiger partial charge in [-0.2, -0.15) is 0 Å². The van der Waals surface area contributed by atoms with Gasteiger partial charge in [0.05, 0.1) is 11.4 Å². The van der Waals surface area contributed by atoms with E-state index in [1.165, 1.54) is 5.56 Å². The van der Waals surface area contributed by atoms with Crippen LogP contribution in [0.1, 0.15) is 40.2 Å². The Bertz CT molecular complexity index is 605. The standard InChI is InChI=1S/C18H26N2O2/c1-7-20-14-9-8-13(10-12(2)3)11-15(14)19(6)16(21)18(4,5)17(20)22/h8-9,11-12H,7,10H2,1-6H3. The third-order valence-electron chi connectivity index (χ3n) is 4.27. The third kappa shape index (κ3) is 2.62. The van der Waals surface area contributed by atoms with E-state index in [0.717, 1.165) is 17.8 Å². The highest BCUT2D eigenvalue weighted by Crippen LogP contribution is 2.38. The Morgan fingerprint density at radius 1 is 1.09 bits per heavy atom. The molecule has 1 aromatic rings. The van der Waals surface area contributed by atoms with Crippen LogP contribution < -0.4 is 9.80 Å². The van der Waals surface area contributed by atoms with E-state index in [2.05, 4.69) is 19.9 Å². The summed E-state index contributed by atoms with van der Waals surface area (Å²) < 4.78 is 0. The second-order valence-corrected chi connectivity index (χ2v) is 6.96. The monoisotopic (exact) mass is 302 g/mol. The fraction of sp³-hybridized carbons (Fsp3) is 0.556. The normalized spacial score (nSPS) is 17.8. The number of carbonyl (C=O) groups is 2. The summed E-state index contributed by atoms with van der Waals surface area (Å²) in [7, 11) is 1.76. The van der Waals surface area contributed by atoms with Crippen molar-refractivity contribution >= 4 is 23.2 Å². The van der Waals surface area contributed by atoms with Crippen molar-refractivity contribution in [1.29, 1.82) is 0 Å². The van der Waals surface area contributed by atoms with Crippen LogP contribution in [0.25, 0.3) is 0 Å². The van der Waals surface area contributed by atoms with Crippen molar-refractivity contribution in [3.63, 3.8) is 0 Å². The van der Waals surface area contributed by atoms with Crippen LogP contribution in [0.15, 0.2) is 18.2 Å². The highest BCUT2D eigenvalue weighted by atomic mass is 16.2. The zero-order valence-electron chi connectivity index (χ0n) is 14.4. The Morgan fingerprint density at radius 3 is 2.27 bits per heavy atom. The molecule has 0 fully saturated rings. The van der Waals surface area contributed by atoms with Gasteiger partial charge in [0.25, 0.3) is 0 Å². The van der Waals surface area contributed by atoms with Gasteiger partial charge < -0.3 is 9.80 Å². The maximum Gasteiger partial charge on any atom is 0.242 e. The molecule has 0 spiro atoms. The number of fused-ring (bicyclic) bond motifs is 1. The first kappa shape index (κ1) is 16.5. The minimum atomic E-state index is -1.04. The van der Waals surface area contributed by atoms with E-state index in [0.29, 0.717) is 12.5 Å². The van der Waals surface area contributed by atoms with Crippen molar-refractivity contribution < 1.29 is 9.59 Å². The van der Waals surface area contributed by atoms with Gasteiger partial charge in [-0.15, -0.1) is 0 Å². The van der Waals surface area contributed by atoms with E-state index in [-0.39, 0.29) is 11.8 Å². The molecule has 2 rings (SSSR count). The Hall–Kier alpha value is -1.84. The summed E-state index contributed by atoms with van der Waals surface area (Å²) in [6, 6.07) is 6.08. The molecule has 0 unspecified atom stereocenters. The molecule has 0 aliphatic carbocycles. The molecule has 2 amide bonds. The van der Waals surface area contributed by atoms with Gasteiger partial charge in [0.15, 0.2) is 0 Å². The van der Waals surface area contributed by atoms with Gasteiger partial charge in [0, 0.05) is 13.6 Å². The van der Waals surface area contributed by atoms with Crippen LogP contribution in [0, 0.1) is 11.3 Å². The minimum Gasteiger partial charge on any atom is -0.313 e. The maximum absolute atomic E-state index is 12.8. The topological polar surface area (TPSA) is 40.6 Å². The molecule has 1 aliphatic heterocycles. The first-order valence-electron chi connectivity index (χ1n) is 7.93. The lowest BCUT2D eigenvalue weighted by Crippen LogP contribution is -2.47. The molecule has 120 valence electrons. The summed E-state index contributed by atoms with van der Waals surface area (Å²) >= 11 is 0. The van der Waals surface area contributed by atoms with E-state index in [1.54, 1.807) is 30.7 Å². The molecule has 0 radical (unpaired) electrons. The molecule has 1 aromatic carbocycles. The number of amides is 2. The molecule has 0 saturated carbocycles. The van der Waals surface area contributed by atoms with Crippen LogP contribution in [0.2, 0.25) is 0 Å². The molecule has 22 heavy (non-hydrogen) atoms. The minimum absolute atomic E-state index is 0.137. The number of benzene rings is 1. The van der Waals surface area contributed by atoms with Crippen molar-refractivity contribution in [2.24, 2.45) is 11.3 Å².